The van der Waals surface area contributed by atoms with E-state index < -0.39 is 32.7 Å². The van der Waals surface area contributed by atoms with Crippen LogP contribution < -0.4 is 15.4 Å². The Labute approximate surface area is 174 Å². The Morgan fingerprint density at radius 2 is 2.13 bits per heavy atom. The van der Waals surface area contributed by atoms with Crippen molar-refractivity contribution in [3.8, 4) is 5.75 Å². The number of nitrogens with one attached hydrogen (secondary N) is 2. The van der Waals surface area contributed by atoms with Crippen LogP contribution in [0.2, 0.25) is 0 Å². The number of halogens is 1. The van der Waals surface area contributed by atoms with Gasteiger partial charge in [-0.1, -0.05) is 6.07 Å². The molecular weight excluding hydrogens is 419 g/mol. The lowest BCUT2D eigenvalue weighted by Gasteiger charge is -2.32. The van der Waals surface area contributed by atoms with Gasteiger partial charge in [-0.25, -0.2) is 17.6 Å². The number of piperidine rings is 1. The van der Waals surface area contributed by atoms with Crippen molar-refractivity contribution in [2.75, 3.05) is 39.2 Å². The van der Waals surface area contributed by atoms with Crippen LogP contribution in [0.4, 0.5) is 9.18 Å². The molecule has 0 bridgehead atoms. The van der Waals surface area contributed by atoms with E-state index >= 15 is 0 Å². The van der Waals surface area contributed by atoms with Gasteiger partial charge in [0.15, 0.2) is 21.4 Å². The molecule has 0 saturated carbocycles. The number of sulfone groups is 1. The summed E-state index contributed by atoms with van der Waals surface area (Å²) in [5.74, 6) is -1.34. The van der Waals surface area contributed by atoms with E-state index in [0.717, 1.165) is 38.3 Å². The fraction of sp³-hybridized carbons (Fsp3) is 0.632. The minimum Gasteiger partial charge on any atom is -0.488 e. The third kappa shape index (κ3) is 5.81. The summed E-state index contributed by atoms with van der Waals surface area (Å²) < 4.78 is 53.3. The Balaban J connectivity index is 1.41. The number of aliphatic hydroxyl groups excluding tert-OH is 1. The SMILES string of the molecule is CS(=O)(=O)c1cccc(OCC(O)COC(=O)N[C@@H]2COC3(CCNCC3)C2)c1F. The number of rotatable bonds is 7. The average molecular weight is 446 g/mol. The second-order valence-electron chi connectivity index (χ2n) is 7.69. The lowest BCUT2D eigenvalue weighted by atomic mass is 9.88. The van der Waals surface area contributed by atoms with Crippen molar-refractivity contribution in [3.63, 3.8) is 0 Å². The first kappa shape index (κ1) is 22.7. The highest BCUT2D eigenvalue weighted by Gasteiger charge is 2.41. The largest absolute Gasteiger partial charge is 0.488 e. The Hall–Kier alpha value is -1.95. The maximum Gasteiger partial charge on any atom is 0.407 e. The highest BCUT2D eigenvalue weighted by Crippen LogP contribution is 2.33. The average Bonchev–Trinajstić information content (AvgIpc) is 3.06. The van der Waals surface area contributed by atoms with Gasteiger partial charge in [0.25, 0.3) is 0 Å². The minimum absolute atomic E-state index is 0.156. The van der Waals surface area contributed by atoms with E-state index in [0.29, 0.717) is 13.0 Å². The molecule has 1 aromatic rings. The molecule has 2 heterocycles. The summed E-state index contributed by atoms with van der Waals surface area (Å²) in [5, 5.41) is 15.9. The molecular formula is C19H27FN2O7S. The van der Waals surface area contributed by atoms with Gasteiger partial charge in [0.1, 0.15) is 24.2 Å². The number of carbonyl (C=O) groups excluding carboxylic acids is 1. The third-order valence-corrected chi connectivity index (χ3v) is 6.33. The van der Waals surface area contributed by atoms with Crippen LogP contribution in [0.1, 0.15) is 19.3 Å². The number of hydrogen-bond acceptors (Lipinski definition) is 8. The number of amides is 1. The first-order valence-electron chi connectivity index (χ1n) is 9.76. The van der Waals surface area contributed by atoms with E-state index in [2.05, 4.69) is 10.6 Å². The first-order valence-corrected chi connectivity index (χ1v) is 11.7. The fourth-order valence-electron chi connectivity index (χ4n) is 3.67. The number of benzene rings is 1. The Morgan fingerprint density at radius 1 is 1.40 bits per heavy atom. The van der Waals surface area contributed by atoms with Crippen molar-refractivity contribution in [1.82, 2.24) is 10.6 Å². The summed E-state index contributed by atoms with van der Waals surface area (Å²) in [6.07, 6.45) is 1.50. The second-order valence-corrected chi connectivity index (χ2v) is 9.68. The number of hydrogen-bond donors (Lipinski definition) is 3. The van der Waals surface area contributed by atoms with E-state index in [1.807, 2.05) is 0 Å². The molecule has 0 aliphatic carbocycles. The van der Waals surface area contributed by atoms with Gasteiger partial charge in [0, 0.05) is 6.26 Å². The summed E-state index contributed by atoms with van der Waals surface area (Å²) in [6.45, 7) is 1.45. The Morgan fingerprint density at radius 3 is 2.83 bits per heavy atom. The van der Waals surface area contributed by atoms with Crippen LogP contribution in [0.5, 0.6) is 5.75 Å². The van der Waals surface area contributed by atoms with Crippen LogP contribution in [0.15, 0.2) is 23.1 Å². The van der Waals surface area contributed by atoms with Crippen LogP contribution in [-0.4, -0.2) is 76.5 Å². The minimum atomic E-state index is -3.75. The maximum absolute atomic E-state index is 14.2. The third-order valence-electron chi connectivity index (χ3n) is 5.21. The molecule has 2 saturated heterocycles. The quantitative estimate of drug-likeness (QED) is 0.557. The van der Waals surface area contributed by atoms with Crippen LogP contribution in [0, 0.1) is 5.82 Å². The zero-order chi connectivity index (χ0) is 21.8. The predicted molar refractivity (Wildman–Crippen MR) is 105 cm³/mol. The molecule has 30 heavy (non-hydrogen) atoms. The first-order chi connectivity index (χ1) is 14.2. The van der Waals surface area contributed by atoms with Gasteiger partial charge in [0.05, 0.1) is 18.2 Å². The molecule has 9 nitrogen and oxygen atoms in total. The van der Waals surface area contributed by atoms with Gasteiger partial charge in [-0.15, -0.1) is 0 Å². The van der Waals surface area contributed by atoms with Gasteiger partial charge in [-0.2, -0.15) is 0 Å². The lowest BCUT2D eigenvalue weighted by molar-refractivity contribution is -0.0194. The Kier molecular flexibility index (Phi) is 7.17. The molecule has 168 valence electrons. The number of aliphatic hydroxyl groups is 1. The van der Waals surface area contributed by atoms with E-state index in [1.54, 1.807) is 0 Å². The standard InChI is InChI=1S/C19H27FN2O7S/c1-30(25,26)16-4-2-3-15(17(16)20)27-11-14(23)12-28-18(24)22-13-9-19(29-10-13)5-7-21-8-6-19/h2-4,13-14,21,23H,5-12H2,1H3,(H,22,24)/t13-,14?/m0/s1. The second kappa shape index (κ2) is 9.46. The molecule has 0 aromatic heterocycles. The van der Waals surface area contributed by atoms with Crippen molar-refractivity contribution >= 4 is 15.9 Å². The van der Waals surface area contributed by atoms with Crippen LogP contribution in [0.3, 0.4) is 0 Å². The van der Waals surface area contributed by atoms with Crippen molar-refractivity contribution in [3.05, 3.63) is 24.0 Å². The lowest BCUT2D eigenvalue weighted by Crippen LogP contribution is -2.43. The molecule has 2 fully saturated rings. The van der Waals surface area contributed by atoms with Crippen LogP contribution in [-0.2, 0) is 19.3 Å². The molecule has 2 aliphatic heterocycles. The summed E-state index contributed by atoms with van der Waals surface area (Å²) in [7, 11) is -3.75. The molecule has 0 radical (unpaired) electrons. The highest BCUT2D eigenvalue weighted by molar-refractivity contribution is 7.90. The van der Waals surface area contributed by atoms with E-state index in [4.69, 9.17) is 14.2 Å². The molecule has 2 aliphatic rings. The smallest absolute Gasteiger partial charge is 0.407 e. The molecule has 1 aromatic carbocycles. The molecule has 1 amide bonds. The van der Waals surface area contributed by atoms with Gasteiger partial charge >= 0.3 is 6.09 Å². The normalized spacial score (nSPS) is 21.9. The summed E-state index contributed by atoms with van der Waals surface area (Å²) in [4.78, 5) is 11.5. The molecule has 2 atom stereocenters. The number of carbonyl (C=O) groups is 1. The predicted octanol–water partition coefficient (Wildman–Crippen LogP) is 0.606. The topological polar surface area (TPSA) is 123 Å². The molecule has 11 heteroatoms. The van der Waals surface area contributed by atoms with Crippen molar-refractivity contribution in [1.29, 1.82) is 0 Å². The summed E-state index contributed by atoms with van der Waals surface area (Å²) in [6, 6.07) is 3.56. The molecule has 3 rings (SSSR count). The van der Waals surface area contributed by atoms with Crippen molar-refractivity contribution < 1.29 is 36.9 Å². The maximum atomic E-state index is 14.2. The van der Waals surface area contributed by atoms with E-state index in [-0.39, 0.29) is 30.6 Å². The zero-order valence-electron chi connectivity index (χ0n) is 16.7. The highest BCUT2D eigenvalue weighted by atomic mass is 32.2. The number of alkyl carbamates (subject to hydrolysis) is 1. The van der Waals surface area contributed by atoms with Gasteiger partial charge < -0.3 is 30.0 Å². The monoisotopic (exact) mass is 446 g/mol. The van der Waals surface area contributed by atoms with Crippen molar-refractivity contribution in [2.45, 2.75) is 41.9 Å². The van der Waals surface area contributed by atoms with Gasteiger partial charge in [-0.3, -0.25) is 0 Å². The van der Waals surface area contributed by atoms with Crippen LogP contribution in [0.25, 0.3) is 0 Å². The number of ether oxygens (including phenoxy) is 3. The molecule has 1 unspecified atom stereocenters. The van der Waals surface area contributed by atoms with Gasteiger partial charge in [-0.05, 0) is 44.5 Å². The molecule has 3 N–H and O–H groups in total. The fourth-order valence-corrected chi connectivity index (χ4v) is 4.42. The summed E-state index contributed by atoms with van der Waals surface area (Å²) >= 11 is 0. The summed E-state index contributed by atoms with van der Waals surface area (Å²) in [5.41, 5.74) is -0.193. The van der Waals surface area contributed by atoms with Crippen LogP contribution >= 0.6 is 0 Å². The van der Waals surface area contributed by atoms with E-state index in [9.17, 15) is 22.7 Å². The van der Waals surface area contributed by atoms with Gasteiger partial charge in [0.2, 0.25) is 0 Å². The molecule has 1 spiro atoms. The van der Waals surface area contributed by atoms with E-state index in [1.165, 1.54) is 12.1 Å². The Bertz CT molecular complexity index is 858. The van der Waals surface area contributed by atoms with Crippen molar-refractivity contribution in [2.24, 2.45) is 0 Å². The zero-order valence-corrected chi connectivity index (χ0v) is 17.5.